The van der Waals surface area contributed by atoms with Gasteiger partial charge in [0.15, 0.2) is 0 Å². The van der Waals surface area contributed by atoms with Crippen molar-refractivity contribution in [2.24, 2.45) is 0 Å². The number of unbranched alkanes of at least 4 members (excludes halogenated alkanes) is 1. The highest BCUT2D eigenvalue weighted by atomic mass is 19.1. The molecule has 33 heavy (non-hydrogen) atoms. The van der Waals surface area contributed by atoms with E-state index >= 15 is 0 Å². The number of halogens is 1. The molecule has 1 aromatic carbocycles. The van der Waals surface area contributed by atoms with E-state index in [2.05, 4.69) is 24.8 Å². The van der Waals surface area contributed by atoms with Crippen LogP contribution in [-0.2, 0) is 0 Å². The molecule has 4 aromatic rings. The van der Waals surface area contributed by atoms with Crippen LogP contribution in [0.3, 0.4) is 0 Å². The summed E-state index contributed by atoms with van der Waals surface area (Å²) in [6, 6.07) is 13.8. The Morgan fingerprint density at radius 1 is 0.970 bits per heavy atom. The van der Waals surface area contributed by atoms with Crippen molar-refractivity contribution in [3.05, 3.63) is 70.9 Å². The van der Waals surface area contributed by atoms with Gasteiger partial charge < -0.3 is 14.6 Å². The van der Waals surface area contributed by atoms with E-state index in [-0.39, 0.29) is 11.4 Å². The maximum atomic E-state index is 13.8. The predicted molar refractivity (Wildman–Crippen MR) is 127 cm³/mol. The monoisotopic (exact) mass is 447 g/mol. The molecule has 0 atom stereocenters. The van der Waals surface area contributed by atoms with Crippen LogP contribution in [-0.4, -0.2) is 59.2 Å². The third-order valence-electron chi connectivity index (χ3n) is 6.05. The molecule has 8 heteroatoms. The van der Waals surface area contributed by atoms with Crippen molar-refractivity contribution in [2.75, 3.05) is 44.2 Å². The number of ether oxygens (including phenoxy) is 1. The van der Waals surface area contributed by atoms with Gasteiger partial charge in [0, 0.05) is 55.3 Å². The topological polar surface area (TPSA) is 74.3 Å². The van der Waals surface area contributed by atoms with Crippen LogP contribution in [0.5, 0.6) is 5.88 Å². The van der Waals surface area contributed by atoms with Crippen LogP contribution in [0.1, 0.15) is 12.8 Å². The molecule has 0 bridgehead atoms. The summed E-state index contributed by atoms with van der Waals surface area (Å²) in [5.74, 6) is 1.16. The number of pyridine rings is 3. The zero-order chi connectivity index (χ0) is 22.6. The van der Waals surface area contributed by atoms with E-state index in [4.69, 9.17) is 4.74 Å². The predicted octanol–water partition coefficient (Wildman–Crippen LogP) is 3.59. The smallest absolute Gasteiger partial charge is 0.249 e. The van der Waals surface area contributed by atoms with Crippen LogP contribution in [0.4, 0.5) is 10.2 Å². The van der Waals surface area contributed by atoms with Gasteiger partial charge in [0.2, 0.25) is 11.4 Å². The molecule has 1 N–H and O–H groups in total. The highest BCUT2D eigenvalue weighted by Gasteiger charge is 2.19. The van der Waals surface area contributed by atoms with Crippen molar-refractivity contribution >= 4 is 27.6 Å². The molecule has 0 unspecified atom stereocenters. The number of nitrogens with zero attached hydrogens (tertiary/aromatic N) is 4. The van der Waals surface area contributed by atoms with Crippen LogP contribution in [0.2, 0.25) is 0 Å². The Balaban J connectivity index is 1.07. The lowest BCUT2D eigenvalue weighted by molar-refractivity contribution is 0.236. The average Bonchev–Trinajstić information content (AvgIpc) is 2.83. The molecule has 0 radical (unpaired) electrons. The van der Waals surface area contributed by atoms with Crippen LogP contribution in [0, 0.1) is 5.82 Å². The number of piperazine rings is 1. The van der Waals surface area contributed by atoms with E-state index < -0.39 is 0 Å². The molecule has 5 rings (SSSR count). The van der Waals surface area contributed by atoms with Gasteiger partial charge in [-0.3, -0.25) is 9.69 Å². The lowest BCUT2D eigenvalue weighted by Gasteiger charge is -2.35. The molecular weight excluding hydrogens is 421 g/mol. The van der Waals surface area contributed by atoms with Gasteiger partial charge in [-0.25, -0.2) is 9.37 Å². The number of hydrogen-bond acceptors (Lipinski definition) is 6. The van der Waals surface area contributed by atoms with E-state index in [0.717, 1.165) is 67.5 Å². The van der Waals surface area contributed by atoms with Crippen LogP contribution in [0.25, 0.3) is 21.8 Å². The van der Waals surface area contributed by atoms with E-state index in [9.17, 15) is 9.18 Å². The van der Waals surface area contributed by atoms with Crippen LogP contribution >= 0.6 is 0 Å². The Bertz CT molecular complexity index is 1320. The number of aromatic amines is 1. The lowest BCUT2D eigenvalue weighted by Crippen LogP contribution is -2.47. The second-order valence-electron chi connectivity index (χ2n) is 8.29. The fourth-order valence-electron chi connectivity index (χ4n) is 4.27. The lowest BCUT2D eigenvalue weighted by atomic mass is 10.1. The molecule has 4 heterocycles. The van der Waals surface area contributed by atoms with Crippen molar-refractivity contribution in [1.29, 1.82) is 0 Å². The number of aromatic nitrogens is 3. The minimum absolute atomic E-state index is 0.171. The Morgan fingerprint density at radius 3 is 2.67 bits per heavy atom. The normalized spacial score (nSPS) is 14.8. The number of H-pyrrole nitrogens is 1. The number of nitrogens with one attached hydrogen (secondary N) is 1. The number of benzene rings is 1. The van der Waals surface area contributed by atoms with Crippen molar-refractivity contribution in [1.82, 2.24) is 19.9 Å². The maximum Gasteiger partial charge on any atom is 0.249 e. The Hall–Kier alpha value is -3.52. The van der Waals surface area contributed by atoms with Gasteiger partial charge in [-0.05, 0) is 55.1 Å². The first-order chi connectivity index (χ1) is 16.2. The Morgan fingerprint density at radius 2 is 1.79 bits per heavy atom. The van der Waals surface area contributed by atoms with E-state index in [1.54, 1.807) is 24.4 Å². The molecule has 170 valence electrons. The average molecular weight is 448 g/mol. The summed E-state index contributed by atoms with van der Waals surface area (Å²) in [5.41, 5.74) is 0.372. The zero-order valence-electron chi connectivity index (χ0n) is 18.3. The first-order valence-corrected chi connectivity index (χ1v) is 11.3. The van der Waals surface area contributed by atoms with Gasteiger partial charge in [0.25, 0.3) is 0 Å². The largest absolute Gasteiger partial charge is 0.478 e. The number of rotatable bonds is 7. The summed E-state index contributed by atoms with van der Waals surface area (Å²) in [6.07, 6.45) is 3.75. The van der Waals surface area contributed by atoms with Crippen molar-refractivity contribution in [2.45, 2.75) is 12.8 Å². The van der Waals surface area contributed by atoms with E-state index in [1.165, 1.54) is 12.1 Å². The zero-order valence-corrected chi connectivity index (χ0v) is 18.3. The maximum absolute atomic E-state index is 13.8. The second-order valence-corrected chi connectivity index (χ2v) is 8.29. The molecule has 0 amide bonds. The number of fused-ring (bicyclic) bond motifs is 2. The molecule has 1 aliphatic rings. The summed E-state index contributed by atoms with van der Waals surface area (Å²) in [7, 11) is 0. The molecule has 7 nitrogen and oxygen atoms in total. The highest BCUT2D eigenvalue weighted by molar-refractivity contribution is 5.92. The summed E-state index contributed by atoms with van der Waals surface area (Å²) in [5, 5.41) is 2.76. The van der Waals surface area contributed by atoms with Crippen molar-refractivity contribution in [3.8, 4) is 5.88 Å². The van der Waals surface area contributed by atoms with Gasteiger partial charge in [-0.2, -0.15) is 4.98 Å². The molecule has 3 aromatic heterocycles. The van der Waals surface area contributed by atoms with Gasteiger partial charge in [-0.1, -0.05) is 6.07 Å². The van der Waals surface area contributed by atoms with Gasteiger partial charge in [-0.15, -0.1) is 0 Å². The fourth-order valence-corrected chi connectivity index (χ4v) is 4.27. The second kappa shape index (κ2) is 9.54. The summed E-state index contributed by atoms with van der Waals surface area (Å²) >= 11 is 0. The molecule has 0 saturated carbocycles. The Kier molecular flexibility index (Phi) is 6.17. The van der Waals surface area contributed by atoms with Crippen molar-refractivity contribution < 1.29 is 9.13 Å². The fraction of sp³-hybridized carbons (Fsp3) is 0.320. The summed E-state index contributed by atoms with van der Waals surface area (Å²) in [6.45, 7) is 5.24. The minimum atomic E-state index is -0.232. The third kappa shape index (κ3) is 4.96. The summed E-state index contributed by atoms with van der Waals surface area (Å²) < 4.78 is 19.5. The molecule has 0 aliphatic carbocycles. The van der Waals surface area contributed by atoms with E-state index in [0.29, 0.717) is 18.1 Å². The molecule has 1 fully saturated rings. The molecule has 1 aliphatic heterocycles. The Labute approximate surface area is 190 Å². The van der Waals surface area contributed by atoms with Crippen LogP contribution in [0.15, 0.2) is 59.5 Å². The number of anilines is 1. The quantitative estimate of drug-likeness (QED) is 0.437. The first kappa shape index (κ1) is 21.3. The SMILES string of the molecule is O=c1ccc2ccc(OCCCCN3CCN(c4nccc5ccc(F)cc45)CC3)nc2[nH]1. The van der Waals surface area contributed by atoms with Gasteiger partial charge in [0.1, 0.15) is 17.3 Å². The molecule has 1 saturated heterocycles. The summed E-state index contributed by atoms with van der Waals surface area (Å²) in [4.78, 5) is 27.8. The highest BCUT2D eigenvalue weighted by Crippen LogP contribution is 2.26. The van der Waals surface area contributed by atoms with Crippen LogP contribution < -0.4 is 15.2 Å². The standard InChI is InChI=1S/C25H26FN5O2/c26-20-6-3-18-9-10-27-25(21(18)17-20)31-14-12-30(13-15-31)11-1-2-16-33-23-8-5-19-4-7-22(32)28-24(19)29-23/h3-10,17H,1-2,11-16H2,(H,28,29,32). The number of hydrogen-bond donors (Lipinski definition) is 1. The first-order valence-electron chi connectivity index (χ1n) is 11.3. The molecular formula is C25H26FN5O2. The van der Waals surface area contributed by atoms with Gasteiger partial charge >= 0.3 is 0 Å². The molecule has 0 spiro atoms. The minimum Gasteiger partial charge on any atom is -0.478 e. The van der Waals surface area contributed by atoms with Gasteiger partial charge in [0.05, 0.1) is 6.61 Å². The van der Waals surface area contributed by atoms with Crippen molar-refractivity contribution in [3.63, 3.8) is 0 Å². The third-order valence-corrected chi connectivity index (χ3v) is 6.05. The van der Waals surface area contributed by atoms with E-state index in [1.807, 2.05) is 18.2 Å².